The number of nitrogens with one attached hydrogen (secondary N) is 2. The minimum atomic E-state index is -0.588. The molecular weight excluding hydrogens is 604 g/mol. The minimum absolute atomic E-state index is 0.323. The first-order valence-corrected chi connectivity index (χ1v) is 16.2. The van der Waals surface area contributed by atoms with Crippen LogP contribution in [-0.2, 0) is 9.47 Å². The first-order chi connectivity index (χ1) is 22.7. The number of rotatable bonds is 3. The number of H-pyrrole nitrogens is 2. The molecule has 0 spiro atoms. The molecule has 4 heterocycles. The average molecular weight is 647 g/mol. The van der Waals surface area contributed by atoms with E-state index in [0.29, 0.717) is 31.2 Å². The molecule has 0 bridgehead atoms. The van der Waals surface area contributed by atoms with E-state index in [-0.39, 0.29) is 24.3 Å². The van der Waals surface area contributed by atoms with Crippen LogP contribution in [0, 0.1) is 11.8 Å². The van der Waals surface area contributed by atoms with Crippen molar-refractivity contribution in [3.63, 3.8) is 0 Å². The van der Waals surface area contributed by atoms with Gasteiger partial charge in [0.2, 0.25) is 0 Å². The molecule has 48 heavy (non-hydrogen) atoms. The Morgan fingerprint density at radius 2 is 1.54 bits per heavy atom. The summed E-state index contributed by atoms with van der Waals surface area (Å²) in [6.07, 6.45) is 6.58. The molecular formula is C38H42N6O4. The van der Waals surface area contributed by atoms with E-state index in [1.165, 1.54) is 0 Å². The van der Waals surface area contributed by atoms with E-state index in [4.69, 9.17) is 14.5 Å². The number of aromatic amines is 2. The Morgan fingerprint density at radius 1 is 0.875 bits per heavy atom. The lowest BCUT2D eigenvalue weighted by Crippen LogP contribution is -2.40. The normalized spacial score (nSPS) is 18.2. The van der Waals surface area contributed by atoms with Crippen LogP contribution in [0.2, 0.25) is 0 Å². The van der Waals surface area contributed by atoms with Crippen molar-refractivity contribution in [1.29, 1.82) is 0 Å². The van der Waals surface area contributed by atoms with Crippen molar-refractivity contribution in [3.05, 3.63) is 95.7 Å². The third-order valence-electron chi connectivity index (χ3n) is 8.00. The Labute approximate surface area is 281 Å². The van der Waals surface area contributed by atoms with Gasteiger partial charge in [-0.15, -0.1) is 0 Å². The number of likely N-dealkylation sites (tertiary alicyclic amines) is 1. The summed E-state index contributed by atoms with van der Waals surface area (Å²) >= 11 is 0. The van der Waals surface area contributed by atoms with Crippen molar-refractivity contribution in [3.8, 4) is 23.1 Å². The van der Waals surface area contributed by atoms with Crippen molar-refractivity contribution in [2.75, 3.05) is 13.1 Å². The predicted octanol–water partition coefficient (Wildman–Crippen LogP) is 7.83. The zero-order chi connectivity index (χ0) is 34.2. The van der Waals surface area contributed by atoms with Crippen LogP contribution in [0.1, 0.15) is 89.2 Å². The van der Waals surface area contributed by atoms with Crippen LogP contribution in [0.3, 0.4) is 0 Å². The minimum Gasteiger partial charge on any atom is -0.444 e. The van der Waals surface area contributed by atoms with Crippen molar-refractivity contribution in [1.82, 2.24) is 29.7 Å². The maximum absolute atomic E-state index is 12.9. The quantitative estimate of drug-likeness (QED) is 0.173. The molecule has 1 fully saturated rings. The second-order valence-corrected chi connectivity index (χ2v) is 14.2. The molecule has 248 valence electrons. The lowest BCUT2D eigenvalue weighted by molar-refractivity contribution is 0.0182. The fraction of sp³-hybridized carbons (Fsp3) is 0.368. The second-order valence-electron chi connectivity index (χ2n) is 14.2. The Bertz CT molecular complexity index is 1940. The molecule has 4 aromatic rings. The summed E-state index contributed by atoms with van der Waals surface area (Å²) in [6, 6.07) is 13.1. The molecule has 2 aliphatic heterocycles. The predicted molar refractivity (Wildman–Crippen MR) is 185 cm³/mol. The SMILES string of the molecule is C=C1CCN(C(=O)OC(C)(C)C)C1c1nc2ccc(C#Cc3ccc(-c4cnc(C5C=CCCN5C(=O)OC(C)(C)C)[nH]4)cc3)cc2[nH]1. The summed E-state index contributed by atoms with van der Waals surface area (Å²) in [4.78, 5) is 45.3. The molecule has 10 nitrogen and oxygen atoms in total. The number of benzene rings is 2. The smallest absolute Gasteiger partial charge is 0.411 e. The molecule has 2 aliphatic rings. The van der Waals surface area contributed by atoms with Gasteiger partial charge in [-0.3, -0.25) is 9.80 Å². The molecule has 2 aromatic heterocycles. The number of carbonyl (C=O) groups excluding carboxylic acids is 2. The highest BCUT2D eigenvalue weighted by Gasteiger charge is 2.37. The Hall–Kier alpha value is -5.30. The third-order valence-corrected chi connectivity index (χ3v) is 8.00. The van der Waals surface area contributed by atoms with Crippen LogP contribution < -0.4 is 0 Å². The highest BCUT2D eigenvalue weighted by molar-refractivity contribution is 5.78. The zero-order valence-corrected chi connectivity index (χ0v) is 28.4. The first-order valence-electron chi connectivity index (χ1n) is 16.2. The summed E-state index contributed by atoms with van der Waals surface area (Å²) < 4.78 is 11.3. The summed E-state index contributed by atoms with van der Waals surface area (Å²) in [6.45, 7) is 16.5. The zero-order valence-electron chi connectivity index (χ0n) is 28.4. The second kappa shape index (κ2) is 12.7. The van der Waals surface area contributed by atoms with Gasteiger partial charge in [-0.2, -0.15) is 0 Å². The molecule has 2 atom stereocenters. The van der Waals surface area contributed by atoms with Gasteiger partial charge < -0.3 is 19.4 Å². The number of carbonyl (C=O) groups is 2. The number of aromatic nitrogens is 4. The van der Waals surface area contributed by atoms with E-state index < -0.39 is 11.2 Å². The van der Waals surface area contributed by atoms with Gasteiger partial charge >= 0.3 is 12.2 Å². The lowest BCUT2D eigenvalue weighted by Gasteiger charge is -2.33. The number of hydrogen-bond donors (Lipinski definition) is 2. The number of imidazole rings is 2. The molecule has 10 heteroatoms. The van der Waals surface area contributed by atoms with E-state index in [9.17, 15) is 9.59 Å². The number of fused-ring (bicyclic) bond motifs is 1. The van der Waals surface area contributed by atoms with Crippen molar-refractivity contribution in [2.45, 2.75) is 77.7 Å². The van der Waals surface area contributed by atoms with Crippen LogP contribution in [0.15, 0.2) is 73.0 Å². The molecule has 2 unspecified atom stereocenters. The standard InChI is InChI=1S/C38H42N6O4/c1-24-19-21-44(36(46)48-38(5,6)7)32(24)34-40-28-18-15-26(22-29(28)41-34)12-11-25-13-16-27(17-14-25)30-23-39-33(42-30)31-10-8-9-20-43(31)35(45)47-37(2,3)4/h8,10,13-18,22-23,31-32H,1,9,19-21H2,2-7H3,(H,39,42)(H,40,41). The lowest BCUT2D eigenvalue weighted by atomic mass is 10.1. The first kappa shape index (κ1) is 32.6. The van der Waals surface area contributed by atoms with Crippen LogP contribution in [0.25, 0.3) is 22.3 Å². The van der Waals surface area contributed by atoms with Crippen LogP contribution >= 0.6 is 0 Å². The van der Waals surface area contributed by atoms with Gasteiger partial charge in [0.25, 0.3) is 0 Å². The highest BCUT2D eigenvalue weighted by atomic mass is 16.6. The van der Waals surface area contributed by atoms with E-state index in [0.717, 1.165) is 45.4 Å². The molecule has 0 saturated carbocycles. The van der Waals surface area contributed by atoms with Crippen LogP contribution in [0.5, 0.6) is 0 Å². The largest absolute Gasteiger partial charge is 0.444 e. The van der Waals surface area contributed by atoms with Gasteiger partial charge in [-0.25, -0.2) is 19.6 Å². The van der Waals surface area contributed by atoms with Crippen molar-refractivity contribution < 1.29 is 19.1 Å². The van der Waals surface area contributed by atoms with Crippen molar-refractivity contribution >= 4 is 23.2 Å². The van der Waals surface area contributed by atoms with Crippen LogP contribution in [-0.4, -0.2) is 66.2 Å². The summed E-state index contributed by atoms with van der Waals surface area (Å²) in [5.41, 5.74) is 4.90. The van der Waals surface area contributed by atoms with Gasteiger partial charge in [0, 0.05) is 24.2 Å². The molecule has 0 radical (unpaired) electrons. The summed E-state index contributed by atoms with van der Waals surface area (Å²) in [5.74, 6) is 7.85. The number of nitrogens with zero attached hydrogens (tertiary/aromatic N) is 4. The molecule has 6 rings (SSSR count). The average Bonchev–Trinajstić information content (AvgIpc) is 3.76. The molecule has 2 N–H and O–H groups in total. The Balaban J connectivity index is 1.15. The molecule has 2 aromatic carbocycles. The van der Waals surface area contributed by atoms with E-state index >= 15 is 0 Å². The van der Waals surface area contributed by atoms with Gasteiger partial charge in [-0.05, 0) is 95.9 Å². The van der Waals surface area contributed by atoms with Gasteiger partial charge in [0.1, 0.15) is 34.9 Å². The van der Waals surface area contributed by atoms with Gasteiger partial charge in [0.15, 0.2) is 0 Å². The van der Waals surface area contributed by atoms with E-state index in [2.05, 4.69) is 39.4 Å². The molecule has 2 amide bonds. The summed E-state index contributed by atoms with van der Waals surface area (Å²) in [5, 5.41) is 0. The van der Waals surface area contributed by atoms with Crippen LogP contribution in [0.4, 0.5) is 9.59 Å². The van der Waals surface area contributed by atoms with Gasteiger partial charge in [-0.1, -0.05) is 42.7 Å². The van der Waals surface area contributed by atoms with E-state index in [1.807, 2.05) is 90.1 Å². The highest BCUT2D eigenvalue weighted by Crippen LogP contribution is 2.36. The molecule has 1 saturated heterocycles. The Morgan fingerprint density at radius 3 is 2.25 bits per heavy atom. The number of amides is 2. The fourth-order valence-electron chi connectivity index (χ4n) is 5.80. The van der Waals surface area contributed by atoms with Gasteiger partial charge in [0.05, 0.1) is 22.9 Å². The van der Waals surface area contributed by atoms with E-state index in [1.54, 1.807) is 16.0 Å². The fourth-order valence-corrected chi connectivity index (χ4v) is 5.80. The maximum atomic E-state index is 12.9. The Kier molecular flexibility index (Phi) is 8.65. The maximum Gasteiger partial charge on any atom is 0.411 e. The van der Waals surface area contributed by atoms with Crippen molar-refractivity contribution in [2.24, 2.45) is 0 Å². The third kappa shape index (κ3) is 7.31. The monoisotopic (exact) mass is 646 g/mol. The molecule has 0 aliphatic carbocycles. The summed E-state index contributed by atoms with van der Waals surface area (Å²) in [7, 11) is 0. The number of ether oxygens (including phenoxy) is 2. The topological polar surface area (TPSA) is 116 Å². The number of hydrogen-bond acceptors (Lipinski definition) is 6.